The Hall–Kier alpha value is -1.35. The van der Waals surface area contributed by atoms with Crippen molar-refractivity contribution in [3.05, 3.63) is 27.5 Å². The number of halogens is 3. The summed E-state index contributed by atoms with van der Waals surface area (Å²) in [5.74, 6) is 0. The molecule has 0 saturated carbocycles. The zero-order valence-electron chi connectivity index (χ0n) is 6.67. The van der Waals surface area contributed by atoms with Crippen LogP contribution >= 0.6 is 15.9 Å². The minimum Gasteiger partial charge on any atom is -0.298 e. The first kappa shape index (κ1) is 10.7. The van der Waals surface area contributed by atoms with Crippen LogP contribution < -0.4 is 0 Å². The van der Waals surface area contributed by atoms with Gasteiger partial charge in [0.15, 0.2) is 6.29 Å². The fourth-order valence-corrected chi connectivity index (χ4v) is 1.26. The molecule has 0 saturated heterocycles. The highest BCUT2D eigenvalue weighted by Gasteiger charge is 2.17. The fraction of sp³-hybridized carbons (Fsp3) is 0.125. The van der Waals surface area contributed by atoms with Gasteiger partial charge in [0.05, 0.1) is 5.56 Å². The fourth-order valence-electron chi connectivity index (χ4n) is 0.867. The minimum absolute atomic E-state index is 0.0147. The van der Waals surface area contributed by atoms with Crippen molar-refractivity contribution in [3.8, 4) is 6.07 Å². The van der Waals surface area contributed by atoms with Crippen LogP contribution in [0, 0.1) is 11.3 Å². The van der Waals surface area contributed by atoms with E-state index in [1.54, 1.807) is 6.07 Å². The number of aromatic nitrogens is 1. The Morgan fingerprint density at radius 1 is 1.64 bits per heavy atom. The van der Waals surface area contributed by atoms with E-state index in [1.165, 1.54) is 0 Å². The lowest BCUT2D eigenvalue weighted by atomic mass is 10.1. The maximum atomic E-state index is 12.3. The summed E-state index contributed by atoms with van der Waals surface area (Å²) >= 11 is 2.86. The third kappa shape index (κ3) is 1.93. The third-order valence-electron chi connectivity index (χ3n) is 1.49. The van der Waals surface area contributed by atoms with Gasteiger partial charge in [0.25, 0.3) is 6.43 Å². The van der Waals surface area contributed by atoms with E-state index in [0.717, 1.165) is 6.07 Å². The Kier molecular flexibility index (Phi) is 3.25. The molecule has 0 atom stereocenters. The summed E-state index contributed by atoms with van der Waals surface area (Å²) in [5, 5.41) is 8.54. The van der Waals surface area contributed by atoms with Crippen molar-refractivity contribution in [3.63, 3.8) is 0 Å². The van der Waals surface area contributed by atoms with Crippen LogP contribution in [0.3, 0.4) is 0 Å². The molecule has 0 unspecified atom stereocenters. The highest BCUT2D eigenvalue weighted by molar-refractivity contribution is 9.10. The van der Waals surface area contributed by atoms with E-state index in [1.807, 2.05) is 0 Å². The van der Waals surface area contributed by atoms with Crippen molar-refractivity contribution >= 4 is 22.2 Å². The highest BCUT2D eigenvalue weighted by atomic mass is 79.9. The predicted octanol–water partition coefficient (Wildman–Crippen LogP) is 2.47. The van der Waals surface area contributed by atoms with Gasteiger partial charge in [-0.15, -0.1) is 0 Å². The number of rotatable bonds is 2. The summed E-state index contributed by atoms with van der Waals surface area (Å²) in [5.41, 5.74) is -0.831. The van der Waals surface area contributed by atoms with Crippen molar-refractivity contribution in [2.75, 3.05) is 0 Å². The zero-order chi connectivity index (χ0) is 10.7. The van der Waals surface area contributed by atoms with Crippen LogP contribution in [0.1, 0.15) is 28.0 Å². The molecule has 72 valence electrons. The predicted molar refractivity (Wildman–Crippen MR) is 47.0 cm³/mol. The normalized spacial score (nSPS) is 9.93. The summed E-state index contributed by atoms with van der Waals surface area (Å²) in [6.07, 6.45) is -2.58. The number of hydrogen-bond donors (Lipinski definition) is 0. The van der Waals surface area contributed by atoms with Crippen LogP contribution in [0.15, 0.2) is 10.7 Å². The molecule has 1 aromatic heterocycles. The van der Waals surface area contributed by atoms with Crippen molar-refractivity contribution in [2.24, 2.45) is 0 Å². The van der Waals surface area contributed by atoms with Gasteiger partial charge in [-0.1, -0.05) is 0 Å². The molecule has 0 fully saturated rings. The van der Waals surface area contributed by atoms with Crippen LogP contribution in [0.4, 0.5) is 8.78 Å². The number of nitriles is 1. The maximum Gasteiger partial charge on any atom is 0.281 e. The minimum atomic E-state index is -2.83. The van der Waals surface area contributed by atoms with E-state index in [4.69, 9.17) is 5.26 Å². The molecular formula is C8H3BrF2N2O. The van der Waals surface area contributed by atoms with Crippen molar-refractivity contribution in [1.82, 2.24) is 4.98 Å². The second kappa shape index (κ2) is 4.24. The van der Waals surface area contributed by atoms with Crippen LogP contribution in [-0.4, -0.2) is 11.3 Å². The van der Waals surface area contributed by atoms with Gasteiger partial charge in [-0.25, -0.2) is 13.8 Å². The second-order valence-electron chi connectivity index (χ2n) is 2.33. The van der Waals surface area contributed by atoms with Crippen molar-refractivity contribution in [2.45, 2.75) is 6.43 Å². The van der Waals surface area contributed by atoms with E-state index in [0.29, 0.717) is 0 Å². The summed E-state index contributed by atoms with van der Waals surface area (Å²) in [6, 6.07) is 2.80. The van der Waals surface area contributed by atoms with Gasteiger partial charge in [0, 0.05) is 5.56 Å². The Labute approximate surface area is 86.5 Å². The molecule has 1 rings (SSSR count). The van der Waals surface area contributed by atoms with Crippen LogP contribution in [-0.2, 0) is 0 Å². The molecule has 0 N–H and O–H groups in total. The lowest BCUT2D eigenvalue weighted by Gasteiger charge is -2.03. The monoisotopic (exact) mass is 260 g/mol. The average molecular weight is 261 g/mol. The van der Waals surface area contributed by atoms with Gasteiger partial charge in [-0.05, 0) is 22.0 Å². The summed E-state index contributed by atoms with van der Waals surface area (Å²) in [7, 11) is 0. The highest BCUT2D eigenvalue weighted by Crippen LogP contribution is 2.24. The Morgan fingerprint density at radius 2 is 2.29 bits per heavy atom. The molecule has 3 nitrogen and oxygen atoms in total. The van der Waals surface area contributed by atoms with E-state index < -0.39 is 12.1 Å². The van der Waals surface area contributed by atoms with Crippen molar-refractivity contribution in [1.29, 1.82) is 5.26 Å². The molecule has 0 aliphatic heterocycles. The average Bonchev–Trinajstić information content (AvgIpc) is 2.17. The van der Waals surface area contributed by atoms with Crippen LogP contribution in [0.25, 0.3) is 0 Å². The quantitative estimate of drug-likeness (QED) is 0.607. The van der Waals surface area contributed by atoms with Crippen molar-refractivity contribution < 1.29 is 13.6 Å². The lowest BCUT2D eigenvalue weighted by molar-refractivity contribution is 0.110. The molecule has 0 amide bonds. The number of nitrogens with zero attached hydrogens (tertiary/aromatic N) is 2. The summed E-state index contributed by atoms with van der Waals surface area (Å²) in [6.45, 7) is 0. The molecule has 6 heteroatoms. The zero-order valence-corrected chi connectivity index (χ0v) is 8.25. The molecule has 0 aliphatic rings. The smallest absolute Gasteiger partial charge is 0.281 e. The van der Waals surface area contributed by atoms with Gasteiger partial charge in [-0.2, -0.15) is 5.26 Å². The molecular weight excluding hydrogens is 258 g/mol. The van der Waals surface area contributed by atoms with Crippen LogP contribution in [0.5, 0.6) is 0 Å². The number of carbonyl (C=O) groups excluding carboxylic acids is 1. The number of alkyl halides is 2. The standard InChI is InChI=1S/C8H3BrF2N2O/c9-7-4(2-12)1-5(3-14)6(13-7)8(10)11/h1,3,8H. The molecule has 0 aliphatic carbocycles. The Balaban J connectivity index is 3.40. The SMILES string of the molecule is N#Cc1cc(C=O)c(C(F)F)nc1Br. The number of hydrogen-bond acceptors (Lipinski definition) is 3. The van der Waals surface area contributed by atoms with Gasteiger partial charge in [-0.3, -0.25) is 4.79 Å². The maximum absolute atomic E-state index is 12.3. The molecule has 14 heavy (non-hydrogen) atoms. The molecule has 0 aromatic carbocycles. The molecule has 0 spiro atoms. The topological polar surface area (TPSA) is 53.8 Å². The molecule has 1 heterocycles. The number of pyridine rings is 1. The van der Waals surface area contributed by atoms with Gasteiger partial charge >= 0.3 is 0 Å². The van der Waals surface area contributed by atoms with E-state index in [9.17, 15) is 13.6 Å². The molecule has 1 aromatic rings. The van der Waals surface area contributed by atoms with Gasteiger partial charge in [0.1, 0.15) is 16.4 Å². The van der Waals surface area contributed by atoms with E-state index in [2.05, 4.69) is 20.9 Å². The lowest BCUT2D eigenvalue weighted by Crippen LogP contribution is -2.00. The third-order valence-corrected chi connectivity index (χ3v) is 2.10. The Bertz CT molecular complexity index is 415. The van der Waals surface area contributed by atoms with Gasteiger partial charge < -0.3 is 0 Å². The summed E-state index contributed by atoms with van der Waals surface area (Å²) < 4.78 is 24.6. The molecule has 0 bridgehead atoms. The molecule has 0 radical (unpaired) electrons. The van der Waals surface area contributed by atoms with Crippen LogP contribution in [0.2, 0.25) is 0 Å². The van der Waals surface area contributed by atoms with E-state index >= 15 is 0 Å². The van der Waals surface area contributed by atoms with E-state index in [-0.39, 0.29) is 22.0 Å². The first-order chi connectivity index (χ1) is 6.60. The number of aldehydes is 1. The summed E-state index contributed by atoms with van der Waals surface area (Å²) in [4.78, 5) is 13.8. The van der Waals surface area contributed by atoms with Gasteiger partial charge in [0.2, 0.25) is 0 Å². The first-order valence-electron chi connectivity index (χ1n) is 3.44. The second-order valence-corrected chi connectivity index (χ2v) is 3.08. The first-order valence-corrected chi connectivity index (χ1v) is 4.23. The Morgan fingerprint density at radius 3 is 2.71 bits per heavy atom. The largest absolute Gasteiger partial charge is 0.298 e. The number of carbonyl (C=O) groups is 1.